The van der Waals surface area contributed by atoms with E-state index in [4.69, 9.17) is 16.3 Å². The van der Waals surface area contributed by atoms with E-state index in [0.717, 1.165) is 5.56 Å². The van der Waals surface area contributed by atoms with Gasteiger partial charge in [0.15, 0.2) is 6.61 Å². The van der Waals surface area contributed by atoms with Crippen LogP contribution in [0.25, 0.3) is 0 Å². The number of anilines is 1. The van der Waals surface area contributed by atoms with Crippen LogP contribution in [0.3, 0.4) is 0 Å². The highest BCUT2D eigenvalue weighted by atomic mass is 35.5. The van der Waals surface area contributed by atoms with Crippen LogP contribution in [0.4, 0.5) is 14.5 Å². The van der Waals surface area contributed by atoms with Gasteiger partial charge in [-0.2, -0.15) is 8.78 Å². The quantitative estimate of drug-likeness (QED) is 0.780. The van der Waals surface area contributed by atoms with Crippen molar-refractivity contribution >= 4 is 29.2 Å². The highest BCUT2D eigenvalue weighted by molar-refractivity contribution is 6.32. The summed E-state index contributed by atoms with van der Waals surface area (Å²) in [7, 11) is 0. The lowest BCUT2D eigenvalue weighted by Gasteiger charge is -2.10. The number of rotatable bonds is 6. The Hall–Kier alpha value is -2.67. The highest BCUT2D eigenvalue weighted by Gasteiger charge is 2.13. The molecule has 1 amide bonds. The Morgan fingerprint density at radius 3 is 2.56 bits per heavy atom. The number of amides is 1. The largest absolute Gasteiger partial charge is 0.452 e. The van der Waals surface area contributed by atoms with E-state index >= 15 is 0 Å². The van der Waals surface area contributed by atoms with Gasteiger partial charge in [-0.15, -0.1) is 0 Å². The smallest absolute Gasteiger partial charge is 0.387 e. The molecule has 0 aliphatic rings. The number of ether oxygens (including phenoxy) is 2. The average molecular weight is 370 g/mol. The van der Waals surface area contributed by atoms with Gasteiger partial charge in [-0.25, -0.2) is 4.79 Å². The molecule has 25 heavy (non-hydrogen) atoms. The lowest BCUT2D eigenvalue weighted by Crippen LogP contribution is -2.21. The van der Waals surface area contributed by atoms with Gasteiger partial charge in [0.2, 0.25) is 0 Å². The first kappa shape index (κ1) is 18.7. The summed E-state index contributed by atoms with van der Waals surface area (Å²) in [5, 5.41) is 2.35. The highest BCUT2D eigenvalue weighted by Crippen LogP contribution is 2.28. The molecule has 0 aromatic heterocycles. The summed E-state index contributed by atoms with van der Waals surface area (Å²) in [5.41, 5.74) is 1.35. The second kappa shape index (κ2) is 8.43. The number of esters is 1. The van der Waals surface area contributed by atoms with Gasteiger partial charge in [0.25, 0.3) is 5.91 Å². The van der Waals surface area contributed by atoms with Crippen LogP contribution in [0.2, 0.25) is 5.02 Å². The fourth-order valence-electron chi connectivity index (χ4n) is 1.98. The van der Waals surface area contributed by atoms with Crippen LogP contribution in [0.1, 0.15) is 15.9 Å². The third kappa shape index (κ3) is 5.42. The van der Waals surface area contributed by atoms with Crippen molar-refractivity contribution in [2.75, 3.05) is 11.9 Å². The third-order valence-electron chi connectivity index (χ3n) is 3.13. The molecule has 0 saturated carbocycles. The van der Waals surface area contributed by atoms with Gasteiger partial charge in [0, 0.05) is 5.69 Å². The van der Waals surface area contributed by atoms with Crippen molar-refractivity contribution in [1.29, 1.82) is 0 Å². The zero-order valence-electron chi connectivity index (χ0n) is 13.1. The Kier molecular flexibility index (Phi) is 6.30. The molecule has 0 atom stereocenters. The van der Waals surface area contributed by atoms with Gasteiger partial charge in [0.05, 0.1) is 10.6 Å². The maximum absolute atomic E-state index is 12.2. The maximum atomic E-state index is 12.2. The topological polar surface area (TPSA) is 64.6 Å². The van der Waals surface area contributed by atoms with Crippen molar-refractivity contribution in [1.82, 2.24) is 0 Å². The zero-order valence-corrected chi connectivity index (χ0v) is 13.8. The molecule has 0 aliphatic carbocycles. The molecule has 2 aromatic carbocycles. The number of carbonyl (C=O) groups is 2. The van der Waals surface area contributed by atoms with Crippen LogP contribution < -0.4 is 10.1 Å². The number of halogens is 3. The van der Waals surface area contributed by atoms with E-state index in [0.29, 0.717) is 5.56 Å². The average Bonchev–Trinajstić information content (AvgIpc) is 2.55. The van der Waals surface area contributed by atoms with Crippen LogP contribution in [0.15, 0.2) is 42.5 Å². The zero-order chi connectivity index (χ0) is 18.4. The standard InChI is InChI=1S/C17H14ClF2NO4/c1-10-4-2-3-5-12(10)16(23)24-9-15(22)21-11-6-7-14(13(18)8-11)25-17(19)20/h2-8,17H,9H2,1H3,(H,21,22). The molecule has 2 rings (SSSR count). The molecule has 0 bridgehead atoms. The van der Waals surface area contributed by atoms with Crippen LogP contribution in [0, 0.1) is 6.92 Å². The first-order chi connectivity index (χ1) is 11.9. The van der Waals surface area contributed by atoms with Crippen LogP contribution >= 0.6 is 11.6 Å². The van der Waals surface area contributed by atoms with Gasteiger partial charge in [0.1, 0.15) is 5.75 Å². The summed E-state index contributed by atoms with van der Waals surface area (Å²) < 4.78 is 33.5. The Balaban J connectivity index is 1.91. The van der Waals surface area contributed by atoms with E-state index < -0.39 is 25.1 Å². The molecule has 0 saturated heterocycles. The summed E-state index contributed by atoms with van der Waals surface area (Å²) in [6.07, 6.45) is 0. The predicted octanol–water partition coefficient (Wildman–Crippen LogP) is 4.05. The van der Waals surface area contributed by atoms with E-state index in [1.807, 2.05) is 0 Å². The molecule has 0 radical (unpaired) electrons. The number of hydrogen-bond donors (Lipinski definition) is 1. The lowest BCUT2D eigenvalue weighted by molar-refractivity contribution is -0.119. The molecule has 0 unspecified atom stereocenters. The molecule has 0 spiro atoms. The number of benzene rings is 2. The van der Waals surface area contributed by atoms with Gasteiger partial charge < -0.3 is 14.8 Å². The second-order valence-corrected chi connectivity index (χ2v) is 5.37. The number of hydrogen-bond acceptors (Lipinski definition) is 4. The Morgan fingerprint density at radius 2 is 1.92 bits per heavy atom. The molecule has 5 nitrogen and oxygen atoms in total. The summed E-state index contributed by atoms with van der Waals surface area (Å²) in [6, 6.07) is 10.6. The minimum atomic E-state index is -3.00. The lowest BCUT2D eigenvalue weighted by atomic mass is 10.1. The molecule has 1 N–H and O–H groups in total. The molecular formula is C17H14ClF2NO4. The fourth-order valence-corrected chi connectivity index (χ4v) is 2.20. The maximum Gasteiger partial charge on any atom is 0.387 e. The summed E-state index contributed by atoms with van der Waals surface area (Å²) >= 11 is 5.79. The van der Waals surface area contributed by atoms with E-state index in [-0.39, 0.29) is 16.5 Å². The first-order valence-corrected chi connectivity index (χ1v) is 7.51. The van der Waals surface area contributed by atoms with Gasteiger partial charge in [-0.3, -0.25) is 4.79 Å². The van der Waals surface area contributed by atoms with Crippen molar-refractivity contribution in [3.63, 3.8) is 0 Å². The van der Waals surface area contributed by atoms with Crippen molar-refractivity contribution in [2.24, 2.45) is 0 Å². The number of aryl methyl sites for hydroxylation is 1. The minimum Gasteiger partial charge on any atom is -0.452 e. The van der Waals surface area contributed by atoms with E-state index in [9.17, 15) is 18.4 Å². The Morgan fingerprint density at radius 1 is 1.20 bits per heavy atom. The SMILES string of the molecule is Cc1ccccc1C(=O)OCC(=O)Nc1ccc(OC(F)F)c(Cl)c1. The molecular weight excluding hydrogens is 356 g/mol. The third-order valence-corrected chi connectivity index (χ3v) is 3.43. The molecule has 0 fully saturated rings. The second-order valence-electron chi connectivity index (χ2n) is 4.96. The van der Waals surface area contributed by atoms with Crippen molar-refractivity contribution in [3.05, 3.63) is 58.6 Å². The number of carbonyl (C=O) groups excluding carboxylic acids is 2. The summed E-state index contributed by atoms with van der Waals surface area (Å²) in [4.78, 5) is 23.7. The van der Waals surface area contributed by atoms with E-state index in [1.54, 1.807) is 31.2 Å². The molecule has 0 aliphatic heterocycles. The summed E-state index contributed by atoms with van der Waals surface area (Å²) in [6.45, 7) is -1.75. The Labute approximate surface area is 147 Å². The van der Waals surface area contributed by atoms with Gasteiger partial charge >= 0.3 is 12.6 Å². The monoisotopic (exact) mass is 369 g/mol. The van der Waals surface area contributed by atoms with Crippen molar-refractivity contribution in [3.8, 4) is 5.75 Å². The minimum absolute atomic E-state index is 0.0880. The van der Waals surface area contributed by atoms with E-state index in [1.165, 1.54) is 18.2 Å². The normalized spacial score (nSPS) is 10.4. The van der Waals surface area contributed by atoms with Crippen molar-refractivity contribution in [2.45, 2.75) is 13.5 Å². The van der Waals surface area contributed by atoms with Crippen LogP contribution in [-0.4, -0.2) is 25.1 Å². The van der Waals surface area contributed by atoms with Gasteiger partial charge in [-0.05, 0) is 36.8 Å². The number of nitrogens with one attached hydrogen (secondary N) is 1. The molecule has 8 heteroatoms. The van der Waals surface area contributed by atoms with E-state index in [2.05, 4.69) is 10.1 Å². The molecule has 132 valence electrons. The predicted molar refractivity (Wildman–Crippen MR) is 88.2 cm³/mol. The Bertz CT molecular complexity index is 783. The summed E-state index contributed by atoms with van der Waals surface area (Å²) in [5.74, 6) is -1.42. The van der Waals surface area contributed by atoms with Crippen molar-refractivity contribution < 1.29 is 27.8 Å². The fraction of sp³-hybridized carbons (Fsp3) is 0.176. The molecule has 2 aromatic rings. The number of alkyl halides is 2. The van der Waals surface area contributed by atoms with Gasteiger partial charge in [-0.1, -0.05) is 29.8 Å². The van der Waals surface area contributed by atoms with Crippen LogP contribution in [0.5, 0.6) is 5.75 Å². The molecule has 0 heterocycles. The van der Waals surface area contributed by atoms with Crippen LogP contribution in [-0.2, 0) is 9.53 Å². The first-order valence-electron chi connectivity index (χ1n) is 7.14.